The van der Waals surface area contributed by atoms with Gasteiger partial charge >= 0.3 is 5.97 Å². The van der Waals surface area contributed by atoms with Gasteiger partial charge in [-0.2, -0.15) is 5.10 Å². The Morgan fingerprint density at radius 3 is 2.49 bits per heavy atom. The first-order chi connectivity index (χ1) is 17.8. The lowest BCUT2D eigenvalue weighted by Crippen LogP contribution is -2.27. The van der Waals surface area contributed by atoms with Crippen molar-refractivity contribution < 1.29 is 14.7 Å². The number of H-pyrrole nitrogens is 1. The van der Waals surface area contributed by atoms with Crippen LogP contribution in [0.4, 0.5) is 0 Å². The average Bonchev–Trinajstić information content (AvgIpc) is 3.32. The van der Waals surface area contributed by atoms with E-state index < -0.39 is 17.9 Å². The van der Waals surface area contributed by atoms with E-state index in [0.29, 0.717) is 27.4 Å². The van der Waals surface area contributed by atoms with Gasteiger partial charge in [-0.05, 0) is 35.4 Å². The molecule has 9 heteroatoms. The van der Waals surface area contributed by atoms with Crippen molar-refractivity contribution >= 4 is 56.0 Å². The molecular weight excluding hydrogens is 558 g/mol. The van der Waals surface area contributed by atoms with E-state index in [1.165, 1.54) is 5.01 Å². The van der Waals surface area contributed by atoms with Crippen molar-refractivity contribution in [1.82, 2.24) is 9.99 Å². The molecule has 4 aromatic rings. The fourth-order valence-electron chi connectivity index (χ4n) is 4.65. The maximum Gasteiger partial charge on any atom is 0.303 e. The number of fused-ring (bicyclic) bond motifs is 1. The summed E-state index contributed by atoms with van der Waals surface area (Å²) in [5.74, 6) is -1.50. The minimum absolute atomic E-state index is 0.206. The number of aromatic nitrogens is 1. The van der Waals surface area contributed by atoms with Gasteiger partial charge in [-0.1, -0.05) is 76.1 Å². The molecule has 0 bridgehead atoms. The Kier molecular flexibility index (Phi) is 6.95. The molecule has 7 nitrogen and oxygen atoms in total. The van der Waals surface area contributed by atoms with Crippen LogP contribution in [0.1, 0.15) is 36.4 Å². The van der Waals surface area contributed by atoms with E-state index in [-0.39, 0.29) is 24.8 Å². The Labute approximate surface area is 225 Å². The van der Waals surface area contributed by atoms with E-state index in [1.807, 2.05) is 54.6 Å². The van der Waals surface area contributed by atoms with Gasteiger partial charge in [-0.25, -0.2) is 5.01 Å². The molecule has 186 valence electrons. The van der Waals surface area contributed by atoms with Crippen LogP contribution >= 0.6 is 27.5 Å². The van der Waals surface area contributed by atoms with Gasteiger partial charge in [0.15, 0.2) is 0 Å². The normalized spacial score (nSPS) is 15.1. The van der Waals surface area contributed by atoms with Gasteiger partial charge in [0.25, 0.3) is 5.56 Å². The number of carboxylic acid groups (broad SMARTS) is 1. The molecule has 1 unspecified atom stereocenters. The number of rotatable bonds is 6. The standard InChI is InChI=1S/C28H21BrClN3O4/c29-20-9-5-4-8-18(20)23-15-22(32-33(23)24(34)12-13-25(35)36)27-26(16-6-2-1-3-7-16)19-14-17(30)10-11-21(19)31-28(27)37/h1-11,14,23H,12-13,15H2,(H,31,37)(H,35,36). The van der Waals surface area contributed by atoms with Crippen molar-refractivity contribution in [3.63, 3.8) is 0 Å². The van der Waals surface area contributed by atoms with Crippen molar-refractivity contribution in [2.75, 3.05) is 0 Å². The number of nitrogens with one attached hydrogen (secondary N) is 1. The van der Waals surface area contributed by atoms with Gasteiger partial charge in [0.05, 0.1) is 23.7 Å². The van der Waals surface area contributed by atoms with E-state index in [1.54, 1.807) is 18.2 Å². The van der Waals surface area contributed by atoms with Gasteiger partial charge in [-0.15, -0.1) is 0 Å². The number of benzene rings is 3. The zero-order valence-electron chi connectivity index (χ0n) is 19.4. The fourth-order valence-corrected chi connectivity index (χ4v) is 5.37. The summed E-state index contributed by atoms with van der Waals surface area (Å²) in [5.41, 5.74) is 3.38. The third-order valence-electron chi connectivity index (χ3n) is 6.31. The molecule has 3 aromatic carbocycles. The van der Waals surface area contributed by atoms with E-state index in [9.17, 15) is 14.4 Å². The summed E-state index contributed by atoms with van der Waals surface area (Å²) in [6.07, 6.45) is -0.244. The van der Waals surface area contributed by atoms with Crippen LogP contribution in [-0.4, -0.2) is 32.7 Å². The highest BCUT2D eigenvalue weighted by atomic mass is 79.9. The summed E-state index contributed by atoms with van der Waals surface area (Å²) < 4.78 is 0.787. The second-order valence-electron chi connectivity index (χ2n) is 8.68. The quantitative estimate of drug-likeness (QED) is 0.286. The van der Waals surface area contributed by atoms with Crippen LogP contribution in [0.15, 0.2) is 87.2 Å². The zero-order valence-corrected chi connectivity index (χ0v) is 21.8. The lowest BCUT2D eigenvalue weighted by molar-refractivity contribution is -0.141. The minimum atomic E-state index is -1.07. The van der Waals surface area contributed by atoms with Crippen molar-refractivity contribution in [2.24, 2.45) is 5.10 Å². The van der Waals surface area contributed by atoms with E-state index in [2.05, 4.69) is 26.0 Å². The molecule has 2 heterocycles. The maximum absolute atomic E-state index is 13.5. The van der Waals surface area contributed by atoms with E-state index >= 15 is 0 Å². The number of carbonyl (C=O) groups excluding carboxylic acids is 1. The SMILES string of the molecule is O=C(O)CCC(=O)N1N=C(c2c(-c3ccccc3)c3cc(Cl)ccc3[nH]c2=O)CC1c1ccccc1Br. The Hall–Kier alpha value is -3.75. The molecule has 0 aliphatic carbocycles. The van der Waals surface area contributed by atoms with Crippen LogP contribution in [0, 0.1) is 0 Å². The second kappa shape index (κ2) is 10.3. The second-order valence-corrected chi connectivity index (χ2v) is 9.97. The molecule has 0 spiro atoms. The molecule has 1 aliphatic heterocycles. The zero-order chi connectivity index (χ0) is 26.1. The summed E-state index contributed by atoms with van der Waals surface area (Å²) >= 11 is 9.91. The number of aromatic amines is 1. The first-order valence-electron chi connectivity index (χ1n) is 11.6. The van der Waals surface area contributed by atoms with Gasteiger partial charge in [-0.3, -0.25) is 14.4 Å². The molecule has 1 aliphatic rings. The number of hydrazone groups is 1. The summed E-state index contributed by atoms with van der Waals surface area (Å²) in [4.78, 5) is 40.8. The van der Waals surface area contributed by atoms with Crippen LogP contribution in [0.2, 0.25) is 5.02 Å². The molecule has 5 rings (SSSR count). The Bertz CT molecular complexity index is 1620. The average molecular weight is 579 g/mol. The number of carboxylic acids is 1. The third kappa shape index (κ3) is 4.95. The molecular formula is C28H21BrClN3O4. The van der Waals surface area contributed by atoms with Crippen molar-refractivity contribution in [3.05, 3.63) is 104 Å². The lowest BCUT2D eigenvalue weighted by Gasteiger charge is -2.22. The highest BCUT2D eigenvalue weighted by molar-refractivity contribution is 9.10. The molecule has 0 radical (unpaired) electrons. The molecule has 0 saturated heterocycles. The number of nitrogens with zero attached hydrogens (tertiary/aromatic N) is 2. The summed E-state index contributed by atoms with van der Waals surface area (Å²) in [6, 6.07) is 21.7. The first-order valence-corrected chi connectivity index (χ1v) is 12.8. The number of carbonyl (C=O) groups is 2. The summed E-state index contributed by atoms with van der Waals surface area (Å²) in [6.45, 7) is 0. The molecule has 1 amide bonds. The highest BCUT2D eigenvalue weighted by Crippen LogP contribution is 2.39. The molecule has 1 atom stereocenters. The Morgan fingerprint density at radius 2 is 1.76 bits per heavy atom. The molecule has 37 heavy (non-hydrogen) atoms. The van der Waals surface area contributed by atoms with Gasteiger partial charge in [0.1, 0.15) is 0 Å². The van der Waals surface area contributed by atoms with Crippen LogP contribution in [0.5, 0.6) is 0 Å². The largest absolute Gasteiger partial charge is 0.481 e. The predicted molar refractivity (Wildman–Crippen MR) is 147 cm³/mol. The predicted octanol–water partition coefficient (Wildman–Crippen LogP) is 6.15. The van der Waals surface area contributed by atoms with Gasteiger partial charge in [0.2, 0.25) is 5.91 Å². The van der Waals surface area contributed by atoms with Crippen molar-refractivity contribution in [2.45, 2.75) is 25.3 Å². The van der Waals surface area contributed by atoms with Gasteiger partial charge in [0, 0.05) is 38.8 Å². The Morgan fingerprint density at radius 1 is 1.03 bits per heavy atom. The topological polar surface area (TPSA) is 103 Å². The maximum atomic E-state index is 13.5. The number of amides is 1. The third-order valence-corrected chi connectivity index (χ3v) is 7.27. The van der Waals surface area contributed by atoms with E-state index in [4.69, 9.17) is 16.7 Å². The van der Waals surface area contributed by atoms with Crippen molar-refractivity contribution in [1.29, 1.82) is 0 Å². The first kappa shape index (κ1) is 24.9. The molecule has 0 fully saturated rings. The van der Waals surface area contributed by atoms with Crippen LogP contribution in [-0.2, 0) is 9.59 Å². The smallest absolute Gasteiger partial charge is 0.303 e. The van der Waals surface area contributed by atoms with Crippen molar-refractivity contribution in [3.8, 4) is 11.1 Å². The lowest BCUT2D eigenvalue weighted by atomic mass is 9.91. The number of pyridine rings is 1. The summed E-state index contributed by atoms with van der Waals surface area (Å²) in [5, 5.41) is 16.3. The fraction of sp³-hybridized carbons (Fsp3) is 0.143. The highest BCUT2D eigenvalue weighted by Gasteiger charge is 2.36. The summed E-state index contributed by atoms with van der Waals surface area (Å²) in [7, 11) is 0. The molecule has 2 N–H and O–H groups in total. The molecule has 1 aromatic heterocycles. The number of aliphatic carboxylic acids is 1. The number of halogens is 2. The number of hydrogen-bond donors (Lipinski definition) is 2. The van der Waals surface area contributed by atoms with E-state index in [0.717, 1.165) is 21.0 Å². The minimum Gasteiger partial charge on any atom is -0.481 e. The Balaban J connectivity index is 1.71. The number of hydrogen-bond acceptors (Lipinski definition) is 4. The molecule has 0 saturated carbocycles. The monoisotopic (exact) mass is 577 g/mol. The van der Waals surface area contributed by atoms with Gasteiger partial charge < -0.3 is 10.1 Å². The van der Waals surface area contributed by atoms with Crippen LogP contribution < -0.4 is 5.56 Å². The van der Waals surface area contributed by atoms with Crippen LogP contribution in [0.25, 0.3) is 22.0 Å². The van der Waals surface area contributed by atoms with Crippen LogP contribution in [0.3, 0.4) is 0 Å².